The fourth-order valence-electron chi connectivity index (χ4n) is 4.04. The third-order valence-electron chi connectivity index (χ3n) is 6.10. The molecule has 0 radical (unpaired) electrons. The van der Waals surface area contributed by atoms with Gasteiger partial charge in [-0.1, -0.05) is 30.3 Å². The predicted octanol–water partition coefficient (Wildman–Crippen LogP) is 0.402. The number of rotatable bonds is 16. The van der Waals surface area contributed by atoms with E-state index in [9.17, 15) is 24.3 Å². The van der Waals surface area contributed by atoms with Gasteiger partial charge in [0.1, 0.15) is 18.1 Å². The molecule has 3 amide bonds. The minimum Gasteiger partial charge on any atom is -0.480 e. The second kappa shape index (κ2) is 16.2. The Morgan fingerprint density at radius 3 is 2.33 bits per heavy atom. The van der Waals surface area contributed by atoms with Crippen molar-refractivity contribution in [2.75, 3.05) is 25.1 Å². The number of hydrogen-bond acceptors (Lipinski definition) is 7. The molecule has 0 aromatic heterocycles. The zero-order chi connectivity index (χ0) is 26.3. The molecule has 11 heteroatoms. The van der Waals surface area contributed by atoms with E-state index in [-0.39, 0.29) is 24.8 Å². The normalized spacial score (nSPS) is 17.6. The number of amides is 3. The van der Waals surface area contributed by atoms with Gasteiger partial charge in [0.05, 0.1) is 6.04 Å². The highest BCUT2D eigenvalue weighted by atomic mass is 32.2. The molecule has 4 unspecified atom stereocenters. The molecule has 0 aliphatic carbocycles. The Hall–Kier alpha value is -2.63. The van der Waals surface area contributed by atoms with Crippen LogP contribution in [0.3, 0.4) is 0 Å². The largest absolute Gasteiger partial charge is 0.480 e. The lowest BCUT2D eigenvalue weighted by molar-refractivity contribution is -0.142. The summed E-state index contributed by atoms with van der Waals surface area (Å²) in [5.41, 5.74) is 6.42. The molecule has 1 aliphatic heterocycles. The fourth-order valence-corrected chi connectivity index (χ4v) is 4.51. The smallest absolute Gasteiger partial charge is 0.326 e. The SMILES string of the molecule is CSCCC(NC(=O)C(Cc1ccccc1)NC(=O)C(CCCCN)NC(=O)C1CCCN1)C(=O)O. The third-order valence-corrected chi connectivity index (χ3v) is 6.74. The van der Waals surface area contributed by atoms with Crippen LogP contribution >= 0.6 is 11.8 Å². The highest BCUT2D eigenvalue weighted by molar-refractivity contribution is 7.98. The highest BCUT2D eigenvalue weighted by Crippen LogP contribution is 2.10. The number of carbonyl (C=O) groups is 4. The minimum absolute atomic E-state index is 0.181. The molecule has 0 bridgehead atoms. The summed E-state index contributed by atoms with van der Waals surface area (Å²) in [4.78, 5) is 50.8. The molecule has 4 atom stereocenters. The van der Waals surface area contributed by atoms with Gasteiger partial charge in [-0.05, 0) is 69.2 Å². The quantitative estimate of drug-likeness (QED) is 0.170. The van der Waals surface area contributed by atoms with Gasteiger partial charge in [-0.2, -0.15) is 11.8 Å². The Morgan fingerprint density at radius 2 is 1.72 bits per heavy atom. The Labute approximate surface area is 216 Å². The van der Waals surface area contributed by atoms with Crippen LogP contribution < -0.4 is 27.0 Å². The average molecular weight is 522 g/mol. The average Bonchev–Trinajstić information content (AvgIpc) is 3.41. The van der Waals surface area contributed by atoms with Crippen LogP contribution in [0, 0.1) is 0 Å². The summed E-state index contributed by atoms with van der Waals surface area (Å²) < 4.78 is 0. The van der Waals surface area contributed by atoms with Gasteiger partial charge in [-0.3, -0.25) is 14.4 Å². The molecule has 1 heterocycles. The molecule has 36 heavy (non-hydrogen) atoms. The van der Waals surface area contributed by atoms with Gasteiger partial charge in [-0.15, -0.1) is 0 Å². The Bertz CT molecular complexity index is 851. The van der Waals surface area contributed by atoms with Gasteiger partial charge in [0.25, 0.3) is 0 Å². The van der Waals surface area contributed by atoms with Crippen LogP contribution in [0.5, 0.6) is 0 Å². The van der Waals surface area contributed by atoms with E-state index in [0.717, 1.165) is 18.5 Å². The van der Waals surface area contributed by atoms with E-state index >= 15 is 0 Å². The topological polar surface area (TPSA) is 163 Å². The lowest BCUT2D eigenvalue weighted by Gasteiger charge is -2.25. The van der Waals surface area contributed by atoms with Crippen molar-refractivity contribution < 1.29 is 24.3 Å². The molecule has 200 valence electrons. The first kappa shape index (κ1) is 29.6. The van der Waals surface area contributed by atoms with Gasteiger partial charge in [-0.25, -0.2) is 4.79 Å². The van der Waals surface area contributed by atoms with Gasteiger partial charge >= 0.3 is 5.97 Å². The Morgan fingerprint density at radius 1 is 1.03 bits per heavy atom. The van der Waals surface area contributed by atoms with Crippen LogP contribution in [0.4, 0.5) is 0 Å². The zero-order valence-corrected chi connectivity index (χ0v) is 21.6. The molecule has 10 nitrogen and oxygen atoms in total. The summed E-state index contributed by atoms with van der Waals surface area (Å²) in [6.45, 7) is 1.22. The lowest BCUT2D eigenvalue weighted by atomic mass is 10.0. The summed E-state index contributed by atoms with van der Waals surface area (Å²) in [5.74, 6) is -1.86. The summed E-state index contributed by atoms with van der Waals surface area (Å²) >= 11 is 1.49. The van der Waals surface area contributed by atoms with Crippen molar-refractivity contribution in [3.05, 3.63) is 35.9 Å². The fraction of sp³-hybridized carbons (Fsp3) is 0.600. The second-order valence-corrected chi connectivity index (χ2v) is 9.91. The monoisotopic (exact) mass is 521 g/mol. The van der Waals surface area contributed by atoms with Crippen LogP contribution in [0.2, 0.25) is 0 Å². The molecule has 2 rings (SSSR count). The maximum absolute atomic E-state index is 13.3. The maximum Gasteiger partial charge on any atom is 0.326 e. The van der Waals surface area contributed by atoms with E-state index in [4.69, 9.17) is 5.73 Å². The van der Waals surface area contributed by atoms with Crippen LogP contribution in [-0.4, -0.2) is 78.1 Å². The molecule has 1 aliphatic rings. The van der Waals surface area contributed by atoms with Crippen molar-refractivity contribution in [1.82, 2.24) is 21.3 Å². The van der Waals surface area contributed by atoms with Crippen molar-refractivity contribution in [2.24, 2.45) is 5.73 Å². The van der Waals surface area contributed by atoms with E-state index in [1.807, 2.05) is 36.6 Å². The highest BCUT2D eigenvalue weighted by Gasteiger charge is 2.31. The first-order chi connectivity index (χ1) is 17.3. The lowest BCUT2D eigenvalue weighted by Crippen LogP contribution is -2.57. The molecule has 0 saturated carbocycles. The molecular formula is C25H39N5O5S. The molecule has 0 spiro atoms. The minimum atomic E-state index is -1.13. The number of benzene rings is 1. The van der Waals surface area contributed by atoms with Crippen LogP contribution in [0.25, 0.3) is 0 Å². The number of nitrogens with two attached hydrogens (primary N) is 1. The predicted molar refractivity (Wildman–Crippen MR) is 141 cm³/mol. The maximum atomic E-state index is 13.3. The third kappa shape index (κ3) is 10.2. The molecule has 1 aromatic rings. The summed E-state index contributed by atoms with van der Waals surface area (Å²) in [6, 6.07) is 5.94. The summed E-state index contributed by atoms with van der Waals surface area (Å²) in [7, 11) is 0. The van der Waals surface area contributed by atoms with Crippen LogP contribution in [-0.2, 0) is 25.6 Å². The second-order valence-electron chi connectivity index (χ2n) is 8.93. The van der Waals surface area contributed by atoms with Crippen molar-refractivity contribution in [3.8, 4) is 0 Å². The number of nitrogens with one attached hydrogen (secondary N) is 4. The molecule has 1 fully saturated rings. The first-order valence-corrected chi connectivity index (χ1v) is 13.8. The Kier molecular flexibility index (Phi) is 13.3. The summed E-state index contributed by atoms with van der Waals surface area (Å²) in [6.07, 6.45) is 5.62. The van der Waals surface area contributed by atoms with Gasteiger partial charge in [0.15, 0.2) is 0 Å². The number of aliphatic carboxylic acids is 1. The van der Waals surface area contributed by atoms with Gasteiger partial charge in [0, 0.05) is 6.42 Å². The molecule has 1 saturated heterocycles. The van der Waals surface area contributed by atoms with E-state index in [0.29, 0.717) is 38.0 Å². The van der Waals surface area contributed by atoms with Gasteiger partial charge < -0.3 is 32.1 Å². The number of carbonyl (C=O) groups excluding carboxylic acids is 3. The number of carboxylic acids is 1. The van der Waals surface area contributed by atoms with E-state index in [1.165, 1.54) is 11.8 Å². The van der Waals surface area contributed by atoms with Crippen molar-refractivity contribution in [3.63, 3.8) is 0 Å². The van der Waals surface area contributed by atoms with Crippen LogP contribution in [0.15, 0.2) is 30.3 Å². The molecule has 1 aromatic carbocycles. The Balaban J connectivity index is 2.16. The zero-order valence-electron chi connectivity index (χ0n) is 20.8. The summed E-state index contributed by atoms with van der Waals surface area (Å²) in [5, 5.41) is 20.8. The first-order valence-electron chi connectivity index (χ1n) is 12.5. The van der Waals surface area contributed by atoms with Crippen molar-refractivity contribution in [1.29, 1.82) is 0 Å². The molecule has 7 N–H and O–H groups in total. The van der Waals surface area contributed by atoms with E-state index in [1.54, 1.807) is 0 Å². The van der Waals surface area contributed by atoms with E-state index in [2.05, 4.69) is 21.3 Å². The molecular weight excluding hydrogens is 482 g/mol. The number of hydrogen-bond donors (Lipinski definition) is 6. The number of carboxylic acid groups (broad SMARTS) is 1. The van der Waals surface area contributed by atoms with Gasteiger partial charge in [0.2, 0.25) is 17.7 Å². The van der Waals surface area contributed by atoms with Crippen molar-refractivity contribution in [2.45, 2.75) is 69.1 Å². The number of unbranched alkanes of at least 4 members (excludes halogenated alkanes) is 1. The number of thioether (sulfide) groups is 1. The van der Waals surface area contributed by atoms with Crippen molar-refractivity contribution >= 4 is 35.5 Å². The standard InChI is InChI=1S/C25H39N5O5S/c1-36-15-12-20(25(34)35)29-24(33)21(16-17-8-3-2-4-9-17)30-23(32)19(10-5-6-13-26)28-22(31)18-11-7-14-27-18/h2-4,8-9,18-21,27H,5-7,10-16,26H2,1H3,(H,28,31)(H,29,33)(H,30,32)(H,34,35). The van der Waals surface area contributed by atoms with Crippen LogP contribution in [0.1, 0.15) is 44.1 Å². The van der Waals surface area contributed by atoms with E-state index < -0.39 is 35.9 Å².